The Morgan fingerprint density at radius 2 is 1.85 bits per heavy atom. The van der Waals surface area contributed by atoms with Crippen LogP contribution in [0.15, 0.2) is 24.3 Å². The van der Waals surface area contributed by atoms with E-state index in [2.05, 4.69) is 0 Å². The van der Waals surface area contributed by atoms with Crippen molar-refractivity contribution >= 4 is 35.3 Å². The van der Waals surface area contributed by atoms with Crippen molar-refractivity contribution in [1.82, 2.24) is 9.80 Å². The van der Waals surface area contributed by atoms with Crippen LogP contribution in [0.25, 0.3) is 0 Å². The van der Waals surface area contributed by atoms with Crippen LogP contribution in [0.3, 0.4) is 0 Å². The third-order valence-corrected chi connectivity index (χ3v) is 7.61. The molecule has 4 rings (SSSR count). The summed E-state index contributed by atoms with van der Waals surface area (Å²) < 4.78 is 5.15. The average Bonchev–Trinajstić information content (AvgIpc) is 3.41. The highest BCUT2D eigenvalue weighted by atomic mass is 35.5. The summed E-state index contributed by atoms with van der Waals surface area (Å²) in [5.41, 5.74) is -0.788. The molecule has 0 bridgehead atoms. The summed E-state index contributed by atoms with van der Waals surface area (Å²) >= 11 is 6.51. The molecule has 3 amide bonds. The van der Waals surface area contributed by atoms with Crippen molar-refractivity contribution in [3.05, 3.63) is 34.9 Å². The molecule has 1 aromatic carbocycles. The first-order chi connectivity index (χ1) is 15.9. The topological polar surface area (TPSA) is 84.0 Å². The fraction of sp³-hybridized carbons (Fsp3) is 0.600. The number of carbonyl (C=O) groups is 4. The van der Waals surface area contributed by atoms with E-state index in [0.717, 1.165) is 25.7 Å². The Labute approximate surface area is 199 Å². The van der Waals surface area contributed by atoms with Crippen LogP contribution < -0.4 is 0 Å². The van der Waals surface area contributed by atoms with Crippen molar-refractivity contribution in [2.45, 2.75) is 69.7 Å². The Balaban J connectivity index is 1.62. The molecule has 1 aromatic rings. The molecule has 0 spiro atoms. The van der Waals surface area contributed by atoms with Gasteiger partial charge in [0.05, 0.1) is 17.9 Å². The average molecular weight is 475 g/mol. The monoisotopic (exact) mass is 474 g/mol. The first kappa shape index (κ1) is 23.7. The maximum Gasteiger partial charge on any atom is 0.310 e. The quantitative estimate of drug-likeness (QED) is 0.465. The SMILES string of the molecule is CCOC(=O)[C@H]1CCCN(C(=O)C[C@@]2(c3ccccc3Cl)CC(=O)N(C3CCCC3)C2=O)C1. The van der Waals surface area contributed by atoms with Crippen LogP contribution in [0.2, 0.25) is 5.02 Å². The summed E-state index contributed by atoms with van der Waals surface area (Å²) in [6, 6.07) is 6.88. The van der Waals surface area contributed by atoms with Crippen LogP contribution in [0.5, 0.6) is 0 Å². The highest BCUT2D eigenvalue weighted by Gasteiger charge is 2.56. The van der Waals surface area contributed by atoms with Gasteiger partial charge in [-0.05, 0) is 44.2 Å². The molecule has 8 heteroatoms. The molecular formula is C25H31ClN2O5. The molecule has 2 atom stereocenters. The number of amides is 3. The van der Waals surface area contributed by atoms with Gasteiger partial charge in [0.25, 0.3) is 0 Å². The Morgan fingerprint density at radius 1 is 1.12 bits per heavy atom. The van der Waals surface area contributed by atoms with E-state index in [0.29, 0.717) is 36.6 Å². The standard InChI is InChI=1S/C25H31ClN2O5/c1-2-33-23(31)17-8-7-13-27(16-17)21(29)14-25(19-11-5-6-12-20(19)26)15-22(30)28(24(25)32)18-9-3-4-10-18/h5-6,11-12,17-18H,2-4,7-10,13-16H2,1H3/t17-,25-/m0/s1. The highest BCUT2D eigenvalue weighted by Crippen LogP contribution is 2.45. The minimum Gasteiger partial charge on any atom is -0.466 e. The smallest absolute Gasteiger partial charge is 0.310 e. The lowest BCUT2D eigenvalue weighted by Crippen LogP contribution is -2.48. The molecule has 33 heavy (non-hydrogen) atoms. The van der Waals surface area contributed by atoms with E-state index in [9.17, 15) is 19.2 Å². The zero-order chi connectivity index (χ0) is 23.6. The third kappa shape index (κ3) is 4.52. The molecule has 0 unspecified atom stereocenters. The molecule has 2 saturated heterocycles. The summed E-state index contributed by atoms with van der Waals surface area (Å²) in [5, 5.41) is 0.378. The van der Waals surface area contributed by atoms with Crippen LogP contribution in [0.1, 0.15) is 63.9 Å². The largest absolute Gasteiger partial charge is 0.466 e. The van der Waals surface area contributed by atoms with Gasteiger partial charge in [-0.2, -0.15) is 0 Å². The minimum atomic E-state index is -1.31. The summed E-state index contributed by atoms with van der Waals surface area (Å²) in [6.45, 7) is 2.84. The number of rotatable bonds is 6. The second kappa shape index (κ2) is 9.84. The van der Waals surface area contributed by atoms with Gasteiger partial charge in [-0.1, -0.05) is 42.6 Å². The Bertz CT molecular complexity index is 944. The lowest BCUT2D eigenvalue weighted by molar-refractivity contribution is -0.152. The molecule has 2 aliphatic heterocycles. The van der Waals surface area contributed by atoms with Gasteiger partial charge >= 0.3 is 5.97 Å². The van der Waals surface area contributed by atoms with Gasteiger partial charge < -0.3 is 9.64 Å². The first-order valence-corrected chi connectivity index (χ1v) is 12.3. The van der Waals surface area contributed by atoms with Crippen molar-refractivity contribution in [3.8, 4) is 0 Å². The van der Waals surface area contributed by atoms with E-state index >= 15 is 0 Å². The zero-order valence-electron chi connectivity index (χ0n) is 19.1. The van der Waals surface area contributed by atoms with Crippen molar-refractivity contribution < 1.29 is 23.9 Å². The number of hydrogen-bond donors (Lipinski definition) is 0. The normalized spacial score (nSPS) is 26.2. The predicted octanol–water partition coefficient (Wildman–Crippen LogP) is 3.47. The number of likely N-dealkylation sites (tertiary alicyclic amines) is 2. The number of esters is 1. The van der Waals surface area contributed by atoms with Gasteiger partial charge in [0.1, 0.15) is 0 Å². The van der Waals surface area contributed by atoms with E-state index < -0.39 is 5.41 Å². The van der Waals surface area contributed by atoms with Crippen LogP contribution >= 0.6 is 11.6 Å². The number of halogens is 1. The fourth-order valence-corrected chi connectivity index (χ4v) is 5.93. The number of nitrogens with zero attached hydrogens (tertiary/aromatic N) is 2. The molecule has 0 N–H and O–H groups in total. The van der Waals surface area contributed by atoms with Gasteiger partial charge in [-0.3, -0.25) is 24.1 Å². The summed E-state index contributed by atoms with van der Waals surface area (Å²) in [6.07, 6.45) is 4.74. The molecule has 3 fully saturated rings. The Morgan fingerprint density at radius 3 is 2.55 bits per heavy atom. The van der Waals surface area contributed by atoms with Crippen molar-refractivity contribution in [1.29, 1.82) is 0 Å². The van der Waals surface area contributed by atoms with Gasteiger partial charge in [0, 0.05) is 37.0 Å². The maximum atomic E-state index is 13.9. The first-order valence-electron chi connectivity index (χ1n) is 11.9. The molecule has 178 valence electrons. The van der Waals surface area contributed by atoms with Crippen LogP contribution in [-0.2, 0) is 29.3 Å². The van der Waals surface area contributed by atoms with Crippen molar-refractivity contribution in [2.75, 3.05) is 19.7 Å². The zero-order valence-corrected chi connectivity index (χ0v) is 19.8. The Hall–Kier alpha value is -2.41. The molecule has 1 aliphatic carbocycles. The Kier molecular flexibility index (Phi) is 7.07. The number of hydrogen-bond acceptors (Lipinski definition) is 5. The molecule has 3 aliphatic rings. The molecule has 0 aromatic heterocycles. The maximum absolute atomic E-state index is 13.9. The van der Waals surface area contributed by atoms with Gasteiger partial charge in [-0.15, -0.1) is 0 Å². The van der Waals surface area contributed by atoms with Crippen LogP contribution in [0, 0.1) is 5.92 Å². The highest BCUT2D eigenvalue weighted by molar-refractivity contribution is 6.32. The summed E-state index contributed by atoms with van der Waals surface area (Å²) in [7, 11) is 0. The number of benzene rings is 1. The van der Waals surface area contributed by atoms with Crippen LogP contribution in [0.4, 0.5) is 0 Å². The minimum absolute atomic E-state index is 0.0625. The molecule has 0 radical (unpaired) electrons. The van der Waals surface area contributed by atoms with E-state index in [1.54, 1.807) is 36.1 Å². The summed E-state index contributed by atoms with van der Waals surface area (Å²) in [4.78, 5) is 55.8. The molecular weight excluding hydrogens is 444 g/mol. The number of ether oxygens (including phenoxy) is 1. The lowest BCUT2D eigenvalue weighted by atomic mass is 9.75. The number of piperidine rings is 1. The molecule has 1 saturated carbocycles. The molecule has 7 nitrogen and oxygen atoms in total. The second-order valence-electron chi connectivity index (χ2n) is 9.35. The lowest BCUT2D eigenvalue weighted by Gasteiger charge is -2.35. The van der Waals surface area contributed by atoms with E-state index in [4.69, 9.17) is 16.3 Å². The van der Waals surface area contributed by atoms with E-state index in [1.807, 2.05) is 0 Å². The van der Waals surface area contributed by atoms with Gasteiger partial charge in [-0.25, -0.2) is 0 Å². The fourth-order valence-electron chi connectivity index (χ4n) is 5.61. The van der Waals surface area contributed by atoms with Crippen molar-refractivity contribution in [3.63, 3.8) is 0 Å². The third-order valence-electron chi connectivity index (χ3n) is 7.28. The van der Waals surface area contributed by atoms with E-state index in [1.165, 1.54) is 4.90 Å². The predicted molar refractivity (Wildman–Crippen MR) is 122 cm³/mol. The number of imide groups is 1. The van der Waals surface area contributed by atoms with E-state index in [-0.39, 0.29) is 55.0 Å². The van der Waals surface area contributed by atoms with Gasteiger partial charge in [0.2, 0.25) is 17.7 Å². The second-order valence-corrected chi connectivity index (χ2v) is 9.76. The van der Waals surface area contributed by atoms with Crippen LogP contribution in [-0.4, -0.2) is 59.2 Å². The molecule has 2 heterocycles. The summed E-state index contributed by atoms with van der Waals surface area (Å²) in [5.74, 6) is -1.45. The van der Waals surface area contributed by atoms with Crippen molar-refractivity contribution in [2.24, 2.45) is 5.92 Å². The number of carbonyl (C=O) groups excluding carboxylic acids is 4. The van der Waals surface area contributed by atoms with Gasteiger partial charge in [0.15, 0.2) is 0 Å².